The van der Waals surface area contributed by atoms with Gasteiger partial charge < -0.3 is 4.40 Å². The van der Waals surface area contributed by atoms with Gasteiger partial charge in [0.1, 0.15) is 4.34 Å². The second kappa shape index (κ2) is 5.24. The minimum atomic E-state index is 0.602. The van der Waals surface area contributed by atoms with Crippen LogP contribution in [-0.2, 0) is 6.42 Å². The fraction of sp³-hybridized carbons (Fsp3) is 0.133. The number of hydrogen-bond donors (Lipinski definition) is 0. The number of nitrogens with zero attached hydrogens (tertiary/aromatic N) is 1. The van der Waals surface area contributed by atoms with Gasteiger partial charge in [0.05, 0.1) is 10.0 Å². The summed E-state index contributed by atoms with van der Waals surface area (Å²) >= 11 is 13.5. The molecule has 0 N–H and O–H groups in total. The summed E-state index contributed by atoms with van der Waals surface area (Å²) in [6.07, 6.45) is 3.78. The van der Waals surface area contributed by atoms with Crippen LogP contribution in [0.5, 0.6) is 0 Å². The number of fused-ring (bicyclic) bond motifs is 1. The number of halogens is 2. The first kappa shape index (κ1) is 13.7. The molecule has 0 radical (unpaired) electrons. The molecule has 3 heterocycles. The van der Waals surface area contributed by atoms with Gasteiger partial charge in [-0.05, 0) is 30.2 Å². The molecule has 0 aliphatic heterocycles. The van der Waals surface area contributed by atoms with E-state index in [9.17, 15) is 4.79 Å². The van der Waals surface area contributed by atoms with Crippen molar-refractivity contribution in [3.8, 4) is 11.1 Å². The Morgan fingerprint density at radius 2 is 2.05 bits per heavy atom. The van der Waals surface area contributed by atoms with Crippen LogP contribution in [0.1, 0.15) is 23.0 Å². The van der Waals surface area contributed by atoms with E-state index >= 15 is 0 Å². The third kappa shape index (κ3) is 2.16. The third-order valence-corrected chi connectivity index (χ3v) is 4.82. The van der Waals surface area contributed by atoms with Gasteiger partial charge in [-0.2, -0.15) is 0 Å². The monoisotopic (exact) mass is 323 g/mol. The number of aldehydes is 1. The largest absolute Gasteiger partial charge is 0.313 e. The predicted octanol–water partition coefficient (Wildman–Crippen LogP) is 5.35. The molecule has 2 nitrogen and oxygen atoms in total. The predicted molar refractivity (Wildman–Crippen MR) is 85.5 cm³/mol. The Kier molecular flexibility index (Phi) is 3.59. The normalized spacial score (nSPS) is 11.2. The van der Waals surface area contributed by atoms with Gasteiger partial charge in [-0.3, -0.25) is 4.79 Å². The molecule has 102 valence electrons. The minimum Gasteiger partial charge on any atom is -0.313 e. The van der Waals surface area contributed by atoms with Crippen LogP contribution < -0.4 is 0 Å². The van der Waals surface area contributed by atoms with E-state index in [1.54, 1.807) is 6.07 Å². The molecule has 0 atom stereocenters. The van der Waals surface area contributed by atoms with Crippen LogP contribution in [0.2, 0.25) is 8.67 Å². The van der Waals surface area contributed by atoms with Crippen molar-refractivity contribution >= 4 is 46.3 Å². The smallest absolute Gasteiger partial charge is 0.167 e. The molecule has 0 aromatic carbocycles. The molecule has 20 heavy (non-hydrogen) atoms. The number of hydrogen-bond acceptors (Lipinski definition) is 2. The number of rotatable bonds is 3. The highest BCUT2D eigenvalue weighted by Gasteiger charge is 2.16. The molecule has 0 amide bonds. The van der Waals surface area contributed by atoms with Gasteiger partial charge in [0.25, 0.3) is 0 Å². The fourth-order valence-electron chi connectivity index (χ4n) is 2.30. The molecule has 3 aromatic rings. The van der Waals surface area contributed by atoms with E-state index < -0.39 is 0 Å². The van der Waals surface area contributed by atoms with Crippen molar-refractivity contribution in [1.82, 2.24) is 4.40 Å². The van der Waals surface area contributed by atoms with Crippen molar-refractivity contribution in [2.24, 2.45) is 0 Å². The summed E-state index contributed by atoms with van der Waals surface area (Å²) in [7, 11) is 0. The van der Waals surface area contributed by atoms with Gasteiger partial charge >= 0.3 is 0 Å². The van der Waals surface area contributed by atoms with Crippen LogP contribution in [0, 0.1) is 0 Å². The number of carbonyl (C=O) groups excluding carboxylic acids is 1. The number of aryl methyl sites for hydroxylation is 1. The van der Waals surface area contributed by atoms with Crippen LogP contribution in [0.4, 0.5) is 0 Å². The molecule has 0 unspecified atom stereocenters. The number of carbonyl (C=O) groups is 1. The van der Waals surface area contributed by atoms with Gasteiger partial charge in [-0.25, -0.2) is 0 Å². The first-order valence-electron chi connectivity index (χ1n) is 6.18. The highest BCUT2D eigenvalue weighted by Crippen LogP contribution is 2.40. The van der Waals surface area contributed by atoms with Crippen LogP contribution in [-0.4, -0.2) is 10.7 Å². The number of thiophene rings is 1. The second-order valence-corrected chi connectivity index (χ2v) is 6.77. The maximum Gasteiger partial charge on any atom is 0.167 e. The van der Waals surface area contributed by atoms with Crippen LogP contribution >= 0.6 is 34.5 Å². The second-order valence-electron chi connectivity index (χ2n) is 4.48. The molecule has 5 heteroatoms. The fourth-order valence-corrected chi connectivity index (χ4v) is 3.79. The first-order valence-corrected chi connectivity index (χ1v) is 7.75. The Hall–Kier alpha value is -1.29. The van der Waals surface area contributed by atoms with E-state index in [-0.39, 0.29) is 0 Å². The Bertz CT molecular complexity index is 804. The van der Waals surface area contributed by atoms with Crippen LogP contribution in [0.3, 0.4) is 0 Å². The molecular formula is C15H11Cl2NOS. The Balaban J connectivity index is 2.31. The average molecular weight is 324 g/mol. The number of pyridine rings is 1. The van der Waals surface area contributed by atoms with Gasteiger partial charge in [0, 0.05) is 22.8 Å². The van der Waals surface area contributed by atoms with Crippen molar-refractivity contribution < 1.29 is 4.79 Å². The molecular weight excluding hydrogens is 313 g/mol. The lowest BCUT2D eigenvalue weighted by molar-refractivity contribution is 0.111. The highest BCUT2D eigenvalue weighted by atomic mass is 35.5. The summed E-state index contributed by atoms with van der Waals surface area (Å²) in [5, 5.41) is 0. The van der Waals surface area contributed by atoms with E-state index in [1.807, 2.05) is 22.7 Å². The van der Waals surface area contributed by atoms with Crippen molar-refractivity contribution in [1.29, 1.82) is 0 Å². The molecule has 0 aliphatic rings. The molecule has 0 saturated carbocycles. The van der Waals surface area contributed by atoms with Gasteiger partial charge in [0.2, 0.25) is 0 Å². The Labute approximate surface area is 130 Å². The average Bonchev–Trinajstić information content (AvgIpc) is 2.96. The Morgan fingerprint density at radius 3 is 2.65 bits per heavy atom. The third-order valence-electron chi connectivity index (χ3n) is 3.34. The van der Waals surface area contributed by atoms with Gasteiger partial charge in [-0.1, -0.05) is 36.2 Å². The molecule has 0 aliphatic carbocycles. The summed E-state index contributed by atoms with van der Waals surface area (Å²) in [4.78, 5) is 11.5. The van der Waals surface area contributed by atoms with Crippen molar-refractivity contribution in [3.05, 3.63) is 50.4 Å². The standard InChI is InChI=1S/C15H11Cl2NOS/c1-2-9-3-4-10-5-11(13(8-19)18(10)7-9)12-6-14(16)20-15(12)17/h3-8H,2H2,1H3. The minimum absolute atomic E-state index is 0.602. The van der Waals surface area contributed by atoms with Crippen LogP contribution in [0.25, 0.3) is 16.6 Å². The molecule has 3 aromatic heterocycles. The van der Waals surface area contributed by atoms with E-state index in [0.29, 0.717) is 14.4 Å². The van der Waals surface area contributed by atoms with Gasteiger partial charge in [-0.15, -0.1) is 11.3 Å². The lowest BCUT2D eigenvalue weighted by Crippen LogP contribution is -1.94. The molecule has 0 fully saturated rings. The molecule has 0 spiro atoms. The number of aromatic nitrogens is 1. The maximum absolute atomic E-state index is 11.5. The quantitative estimate of drug-likeness (QED) is 0.595. The van der Waals surface area contributed by atoms with E-state index in [0.717, 1.165) is 29.4 Å². The first-order chi connectivity index (χ1) is 9.63. The lowest BCUT2D eigenvalue weighted by atomic mass is 10.1. The summed E-state index contributed by atoms with van der Waals surface area (Å²) in [5.41, 5.74) is 4.38. The molecule has 3 rings (SSSR count). The summed E-state index contributed by atoms with van der Waals surface area (Å²) in [5.74, 6) is 0. The SMILES string of the molecule is CCc1ccc2cc(-c3cc(Cl)sc3Cl)c(C=O)n2c1. The highest BCUT2D eigenvalue weighted by molar-refractivity contribution is 7.20. The van der Waals surface area contributed by atoms with E-state index in [1.165, 1.54) is 16.9 Å². The van der Waals surface area contributed by atoms with Crippen LogP contribution in [0.15, 0.2) is 30.5 Å². The topological polar surface area (TPSA) is 21.5 Å². The van der Waals surface area contributed by atoms with Crippen molar-refractivity contribution in [2.45, 2.75) is 13.3 Å². The van der Waals surface area contributed by atoms with E-state index in [2.05, 4.69) is 13.0 Å². The maximum atomic E-state index is 11.5. The zero-order valence-corrected chi connectivity index (χ0v) is 13.0. The van der Waals surface area contributed by atoms with Crippen molar-refractivity contribution in [3.63, 3.8) is 0 Å². The zero-order chi connectivity index (χ0) is 14.3. The van der Waals surface area contributed by atoms with Crippen molar-refractivity contribution in [2.75, 3.05) is 0 Å². The molecule has 0 saturated heterocycles. The van der Waals surface area contributed by atoms with Gasteiger partial charge in [0.15, 0.2) is 6.29 Å². The molecule has 0 bridgehead atoms. The van der Waals surface area contributed by atoms with E-state index in [4.69, 9.17) is 23.2 Å². The Morgan fingerprint density at radius 1 is 1.25 bits per heavy atom. The summed E-state index contributed by atoms with van der Waals surface area (Å²) < 4.78 is 3.12. The summed E-state index contributed by atoms with van der Waals surface area (Å²) in [6, 6.07) is 7.84. The lowest BCUT2D eigenvalue weighted by Gasteiger charge is -2.01. The summed E-state index contributed by atoms with van der Waals surface area (Å²) in [6.45, 7) is 2.08. The zero-order valence-electron chi connectivity index (χ0n) is 10.7.